The lowest BCUT2D eigenvalue weighted by molar-refractivity contribution is -0.143. The van der Waals surface area contributed by atoms with Crippen molar-refractivity contribution in [3.63, 3.8) is 0 Å². The fourth-order valence-corrected chi connectivity index (χ4v) is 1.96. The van der Waals surface area contributed by atoms with Crippen molar-refractivity contribution in [2.45, 2.75) is 19.4 Å². The number of amides is 2. The third kappa shape index (κ3) is 3.27. The van der Waals surface area contributed by atoms with Gasteiger partial charge < -0.3 is 20.5 Å². The van der Waals surface area contributed by atoms with E-state index in [1.807, 2.05) is 18.2 Å². The minimum atomic E-state index is -0.849. The lowest BCUT2D eigenvalue weighted by Gasteiger charge is -2.14. The summed E-state index contributed by atoms with van der Waals surface area (Å²) in [5, 5.41) is 14.4. The van der Waals surface area contributed by atoms with Gasteiger partial charge in [0.15, 0.2) is 0 Å². The van der Waals surface area contributed by atoms with Gasteiger partial charge in [-0.05, 0) is 18.9 Å². The Hall–Kier alpha value is -2.08. The van der Waals surface area contributed by atoms with Crippen molar-refractivity contribution in [3.05, 3.63) is 29.8 Å². The van der Waals surface area contributed by atoms with Crippen LogP contribution in [-0.2, 0) is 16.1 Å². The molecule has 1 aliphatic rings. The third-order valence-corrected chi connectivity index (χ3v) is 3.46. The van der Waals surface area contributed by atoms with Crippen LogP contribution in [0.4, 0.5) is 10.5 Å². The lowest BCUT2D eigenvalue weighted by Crippen LogP contribution is -2.37. The van der Waals surface area contributed by atoms with Gasteiger partial charge in [0.2, 0.25) is 0 Å². The maximum Gasteiger partial charge on any atom is 0.319 e. The smallest absolute Gasteiger partial charge is 0.319 e. The molecule has 1 aromatic carbocycles. The van der Waals surface area contributed by atoms with E-state index >= 15 is 0 Å². The number of carbonyl (C=O) groups excluding carboxylic acids is 1. The molecule has 0 spiro atoms. The van der Waals surface area contributed by atoms with E-state index in [4.69, 9.17) is 9.84 Å². The van der Waals surface area contributed by atoms with Gasteiger partial charge in [-0.3, -0.25) is 4.79 Å². The van der Waals surface area contributed by atoms with Gasteiger partial charge in [-0.15, -0.1) is 0 Å². The Morgan fingerprint density at radius 2 is 2.05 bits per heavy atom. The highest BCUT2D eigenvalue weighted by atomic mass is 16.5. The second-order valence-corrected chi connectivity index (χ2v) is 4.98. The van der Waals surface area contributed by atoms with Gasteiger partial charge >= 0.3 is 12.0 Å². The van der Waals surface area contributed by atoms with Crippen molar-refractivity contribution in [1.29, 1.82) is 0 Å². The highest BCUT2D eigenvalue weighted by Crippen LogP contribution is 2.45. The Kier molecular flexibility index (Phi) is 4.24. The maximum atomic E-state index is 11.8. The molecule has 0 aromatic heterocycles. The number of aliphatic carboxylic acids is 1. The molecule has 0 atom stereocenters. The van der Waals surface area contributed by atoms with E-state index in [0.29, 0.717) is 25.1 Å². The number of anilines is 1. The number of nitrogens with one attached hydrogen (secondary N) is 2. The first-order chi connectivity index (χ1) is 9.57. The molecule has 0 saturated heterocycles. The van der Waals surface area contributed by atoms with Crippen molar-refractivity contribution >= 4 is 17.7 Å². The second kappa shape index (κ2) is 5.92. The van der Waals surface area contributed by atoms with Crippen molar-refractivity contribution in [1.82, 2.24) is 5.32 Å². The number of hydrogen-bond donors (Lipinski definition) is 3. The van der Waals surface area contributed by atoms with Crippen LogP contribution in [0.1, 0.15) is 18.4 Å². The van der Waals surface area contributed by atoms with Crippen molar-refractivity contribution in [2.24, 2.45) is 5.41 Å². The number of carboxylic acids is 1. The summed E-state index contributed by atoms with van der Waals surface area (Å²) in [4.78, 5) is 22.8. The highest BCUT2D eigenvalue weighted by Gasteiger charge is 2.50. The Bertz CT molecular complexity index is 512. The molecule has 108 valence electrons. The summed E-state index contributed by atoms with van der Waals surface area (Å²) in [6, 6.07) is 6.91. The van der Waals surface area contributed by atoms with E-state index in [1.54, 1.807) is 13.2 Å². The largest absolute Gasteiger partial charge is 0.481 e. The average Bonchev–Trinajstić information content (AvgIpc) is 3.20. The number of urea groups is 1. The van der Waals surface area contributed by atoms with Crippen LogP contribution in [0.15, 0.2) is 24.3 Å². The van der Waals surface area contributed by atoms with E-state index < -0.39 is 17.4 Å². The molecular formula is C14H18N2O4. The number of ether oxygens (including phenoxy) is 1. The van der Waals surface area contributed by atoms with E-state index in [0.717, 1.165) is 5.56 Å². The van der Waals surface area contributed by atoms with Gasteiger partial charge in [0.05, 0.1) is 12.0 Å². The average molecular weight is 278 g/mol. The molecule has 6 nitrogen and oxygen atoms in total. The van der Waals surface area contributed by atoms with E-state index in [9.17, 15) is 9.59 Å². The van der Waals surface area contributed by atoms with Gasteiger partial charge in [-0.2, -0.15) is 0 Å². The summed E-state index contributed by atoms with van der Waals surface area (Å²) in [5.41, 5.74) is 0.764. The second-order valence-electron chi connectivity index (χ2n) is 4.98. The molecule has 2 amide bonds. The van der Waals surface area contributed by atoms with Gasteiger partial charge in [0.25, 0.3) is 0 Å². The molecule has 1 aliphatic carbocycles. The fourth-order valence-electron chi connectivity index (χ4n) is 1.96. The van der Waals surface area contributed by atoms with Crippen LogP contribution in [0.25, 0.3) is 0 Å². The molecule has 1 aromatic rings. The van der Waals surface area contributed by atoms with Crippen LogP contribution < -0.4 is 10.6 Å². The first-order valence-corrected chi connectivity index (χ1v) is 6.42. The molecular weight excluding hydrogens is 260 g/mol. The van der Waals surface area contributed by atoms with Crippen LogP contribution in [0.2, 0.25) is 0 Å². The van der Waals surface area contributed by atoms with Gasteiger partial charge in [-0.25, -0.2) is 4.79 Å². The topological polar surface area (TPSA) is 87.7 Å². The van der Waals surface area contributed by atoms with Crippen LogP contribution >= 0.6 is 0 Å². The molecule has 1 saturated carbocycles. The number of rotatable bonds is 6. The quantitative estimate of drug-likeness (QED) is 0.740. The zero-order valence-electron chi connectivity index (χ0n) is 11.3. The normalized spacial score (nSPS) is 15.4. The molecule has 0 bridgehead atoms. The van der Waals surface area contributed by atoms with Crippen molar-refractivity contribution in [3.8, 4) is 0 Å². The van der Waals surface area contributed by atoms with Crippen LogP contribution in [-0.4, -0.2) is 30.8 Å². The van der Waals surface area contributed by atoms with E-state index in [1.165, 1.54) is 0 Å². The fraction of sp³-hybridized carbons (Fsp3) is 0.429. The monoisotopic (exact) mass is 278 g/mol. The summed E-state index contributed by atoms with van der Waals surface area (Å²) in [6.45, 7) is 0.552. The molecule has 20 heavy (non-hydrogen) atoms. The molecule has 1 fully saturated rings. The Morgan fingerprint density at radius 3 is 2.65 bits per heavy atom. The van der Waals surface area contributed by atoms with Crippen molar-refractivity contribution < 1.29 is 19.4 Å². The number of methoxy groups -OCH3 is 1. The molecule has 0 aliphatic heterocycles. The van der Waals surface area contributed by atoms with Crippen LogP contribution in [0.3, 0.4) is 0 Å². The molecule has 2 rings (SSSR count). The Labute approximate surface area is 117 Å². The van der Waals surface area contributed by atoms with E-state index in [-0.39, 0.29) is 6.54 Å². The van der Waals surface area contributed by atoms with Crippen LogP contribution in [0.5, 0.6) is 0 Å². The lowest BCUT2D eigenvalue weighted by atomic mass is 10.1. The maximum absolute atomic E-state index is 11.8. The summed E-state index contributed by atoms with van der Waals surface area (Å²) >= 11 is 0. The van der Waals surface area contributed by atoms with Gasteiger partial charge in [0.1, 0.15) is 0 Å². The van der Waals surface area contributed by atoms with Gasteiger partial charge in [0, 0.05) is 24.9 Å². The zero-order valence-corrected chi connectivity index (χ0v) is 11.3. The number of carboxylic acid groups (broad SMARTS) is 1. The first-order valence-electron chi connectivity index (χ1n) is 6.42. The van der Waals surface area contributed by atoms with Crippen LogP contribution in [0, 0.1) is 5.41 Å². The Balaban J connectivity index is 1.90. The van der Waals surface area contributed by atoms with Gasteiger partial charge in [-0.1, -0.05) is 18.2 Å². The predicted molar refractivity (Wildman–Crippen MR) is 73.5 cm³/mol. The number of hydrogen-bond acceptors (Lipinski definition) is 3. The molecule has 0 unspecified atom stereocenters. The Morgan fingerprint density at radius 1 is 1.35 bits per heavy atom. The molecule has 0 radical (unpaired) electrons. The first kappa shape index (κ1) is 14.3. The number of carbonyl (C=O) groups is 2. The number of para-hydroxylation sites is 1. The summed E-state index contributed by atoms with van der Waals surface area (Å²) in [7, 11) is 1.58. The molecule has 0 heterocycles. The summed E-state index contributed by atoms with van der Waals surface area (Å²) in [6.07, 6.45) is 1.23. The minimum absolute atomic E-state index is 0.153. The third-order valence-electron chi connectivity index (χ3n) is 3.46. The van der Waals surface area contributed by atoms with Crippen molar-refractivity contribution in [2.75, 3.05) is 19.0 Å². The zero-order chi connectivity index (χ0) is 14.6. The highest BCUT2D eigenvalue weighted by molar-refractivity contribution is 5.90. The molecule has 3 N–H and O–H groups in total. The summed E-state index contributed by atoms with van der Waals surface area (Å²) in [5.74, 6) is -0.849. The standard InChI is InChI=1S/C14H18N2O4/c1-20-8-10-4-2-3-5-11(10)16-13(19)15-9-14(6-7-14)12(17)18/h2-5H,6-9H2,1H3,(H,17,18)(H2,15,16,19). The molecule has 6 heteroatoms. The minimum Gasteiger partial charge on any atom is -0.481 e. The number of benzene rings is 1. The summed E-state index contributed by atoms with van der Waals surface area (Å²) < 4.78 is 5.06. The van der Waals surface area contributed by atoms with E-state index in [2.05, 4.69) is 10.6 Å². The SMILES string of the molecule is COCc1ccccc1NC(=O)NCC1(C(=O)O)CC1. The predicted octanol–water partition coefficient (Wildman–Crippen LogP) is 1.82.